The van der Waals surface area contributed by atoms with Gasteiger partial charge in [0.1, 0.15) is 11.4 Å². The molecular formula is C16H18O3S. The molecule has 0 amide bonds. The second-order valence-electron chi connectivity index (χ2n) is 5.43. The van der Waals surface area contributed by atoms with E-state index < -0.39 is 5.60 Å². The lowest BCUT2D eigenvalue weighted by atomic mass is 10.0. The Morgan fingerprint density at radius 1 is 1.10 bits per heavy atom. The molecule has 0 aliphatic carbocycles. The predicted octanol–water partition coefficient (Wildman–Crippen LogP) is 4.38. The van der Waals surface area contributed by atoms with Crippen molar-refractivity contribution >= 4 is 17.3 Å². The Bertz CT molecular complexity index is 591. The first-order chi connectivity index (χ1) is 9.40. The van der Waals surface area contributed by atoms with Crippen molar-refractivity contribution in [1.29, 1.82) is 0 Å². The molecule has 0 aliphatic rings. The van der Waals surface area contributed by atoms with Gasteiger partial charge in [0.05, 0.1) is 12.7 Å². The van der Waals surface area contributed by atoms with Gasteiger partial charge >= 0.3 is 5.97 Å². The van der Waals surface area contributed by atoms with Crippen LogP contribution in [0, 0.1) is 0 Å². The molecule has 0 bridgehead atoms. The highest BCUT2D eigenvalue weighted by Crippen LogP contribution is 2.30. The van der Waals surface area contributed by atoms with E-state index >= 15 is 0 Å². The summed E-state index contributed by atoms with van der Waals surface area (Å²) >= 11 is 1.49. The zero-order valence-corrected chi connectivity index (χ0v) is 12.9. The zero-order chi connectivity index (χ0) is 14.8. The number of carbonyl (C=O) groups is 1. The van der Waals surface area contributed by atoms with Crippen LogP contribution in [-0.4, -0.2) is 18.7 Å². The quantitative estimate of drug-likeness (QED) is 0.787. The van der Waals surface area contributed by atoms with Crippen LogP contribution in [0.5, 0.6) is 5.75 Å². The summed E-state index contributed by atoms with van der Waals surface area (Å²) in [6.07, 6.45) is 0. The molecule has 3 nitrogen and oxygen atoms in total. The summed E-state index contributed by atoms with van der Waals surface area (Å²) in [4.78, 5) is 12.2. The van der Waals surface area contributed by atoms with Crippen molar-refractivity contribution in [2.45, 2.75) is 26.4 Å². The van der Waals surface area contributed by atoms with Crippen LogP contribution in [-0.2, 0) is 4.74 Å². The molecule has 0 fully saturated rings. The fourth-order valence-electron chi connectivity index (χ4n) is 1.78. The number of esters is 1. The van der Waals surface area contributed by atoms with Gasteiger partial charge in [0, 0.05) is 10.9 Å². The number of methoxy groups -OCH3 is 1. The van der Waals surface area contributed by atoms with Crippen LogP contribution in [0.25, 0.3) is 11.1 Å². The first kappa shape index (κ1) is 14.6. The third kappa shape index (κ3) is 3.39. The normalized spacial score (nSPS) is 11.2. The molecule has 1 aromatic carbocycles. The van der Waals surface area contributed by atoms with Crippen LogP contribution in [0.4, 0.5) is 0 Å². The SMILES string of the molecule is COc1ccc(-c2cscc2C(=O)OC(C)(C)C)cc1. The predicted molar refractivity (Wildman–Crippen MR) is 81.5 cm³/mol. The summed E-state index contributed by atoms with van der Waals surface area (Å²) in [6.45, 7) is 5.60. The molecule has 0 unspecified atom stereocenters. The van der Waals surface area contributed by atoms with Crippen molar-refractivity contribution in [3.8, 4) is 16.9 Å². The molecule has 20 heavy (non-hydrogen) atoms. The third-order valence-electron chi connectivity index (χ3n) is 2.68. The lowest BCUT2D eigenvalue weighted by Gasteiger charge is -2.19. The molecule has 0 spiro atoms. The lowest BCUT2D eigenvalue weighted by molar-refractivity contribution is 0.00711. The summed E-state index contributed by atoms with van der Waals surface area (Å²) in [5, 5.41) is 3.79. The smallest absolute Gasteiger partial charge is 0.340 e. The first-order valence-electron chi connectivity index (χ1n) is 6.34. The molecule has 0 radical (unpaired) electrons. The number of ether oxygens (including phenoxy) is 2. The van der Waals surface area contributed by atoms with Crippen LogP contribution >= 0.6 is 11.3 Å². The Balaban J connectivity index is 2.30. The summed E-state index contributed by atoms with van der Waals surface area (Å²) < 4.78 is 10.6. The maximum absolute atomic E-state index is 12.2. The van der Waals surface area contributed by atoms with Crippen LogP contribution < -0.4 is 4.74 Å². The van der Waals surface area contributed by atoms with Crippen molar-refractivity contribution in [2.75, 3.05) is 7.11 Å². The number of benzene rings is 1. The van der Waals surface area contributed by atoms with Crippen LogP contribution in [0.2, 0.25) is 0 Å². The van der Waals surface area contributed by atoms with Gasteiger partial charge in [-0.3, -0.25) is 0 Å². The Morgan fingerprint density at radius 3 is 2.30 bits per heavy atom. The Kier molecular flexibility index (Phi) is 4.14. The molecular weight excluding hydrogens is 272 g/mol. The zero-order valence-electron chi connectivity index (χ0n) is 12.1. The molecule has 0 aliphatic heterocycles. The van der Waals surface area contributed by atoms with Gasteiger partial charge in [0.2, 0.25) is 0 Å². The van der Waals surface area contributed by atoms with E-state index in [9.17, 15) is 4.79 Å². The largest absolute Gasteiger partial charge is 0.497 e. The van der Waals surface area contributed by atoms with Gasteiger partial charge in [0.15, 0.2) is 0 Å². The molecule has 0 atom stereocenters. The van der Waals surface area contributed by atoms with Crippen molar-refractivity contribution in [3.63, 3.8) is 0 Å². The molecule has 2 aromatic rings. The van der Waals surface area contributed by atoms with E-state index in [-0.39, 0.29) is 5.97 Å². The minimum absolute atomic E-state index is 0.287. The van der Waals surface area contributed by atoms with E-state index in [1.165, 1.54) is 11.3 Å². The van der Waals surface area contributed by atoms with Gasteiger partial charge in [-0.1, -0.05) is 12.1 Å². The Hall–Kier alpha value is -1.81. The highest BCUT2D eigenvalue weighted by Gasteiger charge is 2.21. The molecule has 106 valence electrons. The minimum Gasteiger partial charge on any atom is -0.497 e. The molecule has 4 heteroatoms. The monoisotopic (exact) mass is 290 g/mol. The third-order valence-corrected chi connectivity index (χ3v) is 3.43. The van der Waals surface area contributed by atoms with Crippen molar-refractivity contribution in [3.05, 3.63) is 40.6 Å². The summed E-state index contributed by atoms with van der Waals surface area (Å²) in [6, 6.07) is 7.64. The van der Waals surface area contributed by atoms with E-state index in [1.807, 2.05) is 55.8 Å². The van der Waals surface area contributed by atoms with Gasteiger partial charge in [0.25, 0.3) is 0 Å². The number of carbonyl (C=O) groups excluding carboxylic acids is 1. The standard InChI is InChI=1S/C16H18O3S/c1-16(2,3)19-15(17)14-10-20-9-13(14)11-5-7-12(18-4)8-6-11/h5-10H,1-4H3. The van der Waals surface area contributed by atoms with Gasteiger partial charge in [-0.25, -0.2) is 4.79 Å². The van der Waals surface area contributed by atoms with E-state index in [1.54, 1.807) is 7.11 Å². The molecule has 0 saturated heterocycles. The number of thiophene rings is 1. The van der Waals surface area contributed by atoms with E-state index in [4.69, 9.17) is 9.47 Å². The Morgan fingerprint density at radius 2 is 1.75 bits per heavy atom. The van der Waals surface area contributed by atoms with E-state index in [0.29, 0.717) is 5.56 Å². The maximum atomic E-state index is 12.2. The second-order valence-corrected chi connectivity index (χ2v) is 6.17. The van der Waals surface area contributed by atoms with Crippen molar-refractivity contribution in [2.24, 2.45) is 0 Å². The average Bonchev–Trinajstić information content (AvgIpc) is 2.86. The maximum Gasteiger partial charge on any atom is 0.340 e. The van der Waals surface area contributed by atoms with Gasteiger partial charge in [-0.2, -0.15) is 11.3 Å². The number of rotatable bonds is 3. The highest BCUT2D eigenvalue weighted by molar-refractivity contribution is 7.08. The van der Waals surface area contributed by atoms with Crippen molar-refractivity contribution in [1.82, 2.24) is 0 Å². The Labute approximate surface area is 123 Å². The highest BCUT2D eigenvalue weighted by atomic mass is 32.1. The fourth-order valence-corrected chi connectivity index (χ4v) is 2.61. The topological polar surface area (TPSA) is 35.5 Å². The fraction of sp³-hybridized carbons (Fsp3) is 0.312. The second kappa shape index (κ2) is 5.67. The summed E-state index contributed by atoms with van der Waals surface area (Å²) in [5.74, 6) is 0.507. The van der Waals surface area contributed by atoms with E-state index in [2.05, 4.69) is 0 Å². The number of hydrogen-bond acceptors (Lipinski definition) is 4. The van der Waals surface area contributed by atoms with Crippen LogP contribution in [0.3, 0.4) is 0 Å². The molecule has 1 heterocycles. The van der Waals surface area contributed by atoms with Gasteiger partial charge in [-0.05, 0) is 43.8 Å². The molecule has 2 rings (SSSR count). The summed E-state index contributed by atoms with van der Waals surface area (Å²) in [7, 11) is 1.63. The summed E-state index contributed by atoms with van der Waals surface area (Å²) in [5.41, 5.74) is 1.99. The van der Waals surface area contributed by atoms with Crippen LogP contribution in [0.1, 0.15) is 31.1 Å². The van der Waals surface area contributed by atoms with Crippen LogP contribution in [0.15, 0.2) is 35.0 Å². The molecule has 0 N–H and O–H groups in total. The average molecular weight is 290 g/mol. The van der Waals surface area contributed by atoms with Gasteiger partial charge in [-0.15, -0.1) is 0 Å². The molecule has 1 aromatic heterocycles. The first-order valence-corrected chi connectivity index (χ1v) is 7.29. The van der Waals surface area contributed by atoms with Gasteiger partial charge < -0.3 is 9.47 Å². The molecule has 0 saturated carbocycles. The minimum atomic E-state index is -0.490. The van der Waals surface area contributed by atoms with E-state index in [0.717, 1.165) is 16.9 Å². The number of hydrogen-bond donors (Lipinski definition) is 0. The lowest BCUT2D eigenvalue weighted by Crippen LogP contribution is -2.23. The van der Waals surface area contributed by atoms with Crippen molar-refractivity contribution < 1.29 is 14.3 Å².